The summed E-state index contributed by atoms with van der Waals surface area (Å²) in [7, 11) is 0. The lowest BCUT2D eigenvalue weighted by Gasteiger charge is -1.99. The van der Waals surface area contributed by atoms with Crippen LogP contribution in [0.15, 0.2) is 17.2 Å². The normalized spacial score (nSPS) is 9.00. The van der Waals surface area contributed by atoms with Gasteiger partial charge < -0.3 is 5.73 Å². The number of primary amides is 1. The fourth-order valence-corrected chi connectivity index (χ4v) is 0.854. The van der Waals surface area contributed by atoms with E-state index in [9.17, 15) is 4.79 Å². The second-order valence-corrected chi connectivity index (χ2v) is 2.38. The third-order valence-electron chi connectivity index (χ3n) is 1.42. The summed E-state index contributed by atoms with van der Waals surface area (Å²) in [6, 6.07) is 3.10. The van der Waals surface area contributed by atoms with Crippen LogP contribution in [0.1, 0.15) is 16.1 Å². The van der Waals surface area contributed by atoms with Gasteiger partial charge in [0, 0.05) is 10.6 Å². The van der Waals surface area contributed by atoms with Crippen LogP contribution in [0.5, 0.6) is 0 Å². The first-order chi connectivity index (χ1) is 6.15. The van der Waals surface area contributed by atoms with Crippen molar-refractivity contribution in [1.29, 1.82) is 0 Å². The van der Waals surface area contributed by atoms with Gasteiger partial charge in [0.25, 0.3) is 5.91 Å². The number of rotatable bonds is 2. The van der Waals surface area contributed by atoms with Crippen molar-refractivity contribution in [3.63, 3.8) is 0 Å². The van der Waals surface area contributed by atoms with Crippen LogP contribution in [0, 0.1) is 6.92 Å². The first-order valence-corrected chi connectivity index (χ1v) is 3.47. The van der Waals surface area contributed by atoms with Crippen molar-refractivity contribution in [3.8, 4) is 0 Å². The van der Waals surface area contributed by atoms with Crippen molar-refractivity contribution in [2.24, 2.45) is 10.8 Å². The molecular formula is C7H7N5O. The molecule has 0 atom stereocenters. The Hall–Kier alpha value is -2.07. The predicted octanol–water partition coefficient (Wildman–Crippen LogP) is 1.43. The Balaban J connectivity index is 3.34. The van der Waals surface area contributed by atoms with Crippen molar-refractivity contribution in [2.75, 3.05) is 0 Å². The molecule has 6 heteroatoms. The smallest absolute Gasteiger partial charge is 0.250 e. The molecule has 0 aliphatic heterocycles. The Labute approximate surface area is 74.0 Å². The Morgan fingerprint density at radius 2 is 2.38 bits per heavy atom. The van der Waals surface area contributed by atoms with Crippen LogP contribution in [0.2, 0.25) is 0 Å². The zero-order valence-electron chi connectivity index (χ0n) is 6.93. The number of hydrogen-bond acceptors (Lipinski definition) is 3. The quantitative estimate of drug-likeness (QED) is 0.419. The average molecular weight is 177 g/mol. The Morgan fingerprint density at radius 1 is 1.69 bits per heavy atom. The molecule has 6 nitrogen and oxygen atoms in total. The molecule has 1 aromatic rings. The average Bonchev–Trinajstić information content (AvgIpc) is 2.04. The molecular weight excluding hydrogens is 170 g/mol. The molecule has 0 saturated carbocycles. The lowest BCUT2D eigenvalue weighted by Crippen LogP contribution is -2.11. The molecule has 0 bridgehead atoms. The predicted molar refractivity (Wildman–Crippen MR) is 46.3 cm³/mol. The molecule has 0 fully saturated rings. The van der Waals surface area contributed by atoms with Crippen molar-refractivity contribution in [1.82, 2.24) is 4.98 Å². The van der Waals surface area contributed by atoms with Gasteiger partial charge >= 0.3 is 0 Å². The molecule has 0 aromatic carbocycles. The Morgan fingerprint density at radius 3 is 2.92 bits per heavy atom. The van der Waals surface area contributed by atoms with Crippen LogP contribution in [0.3, 0.4) is 0 Å². The molecule has 0 saturated heterocycles. The first-order valence-electron chi connectivity index (χ1n) is 3.47. The number of carbonyl (C=O) groups is 1. The van der Waals surface area contributed by atoms with Crippen LogP contribution < -0.4 is 5.73 Å². The van der Waals surface area contributed by atoms with E-state index in [1.807, 2.05) is 0 Å². The zero-order valence-corrected chi connectivity index (χ0v) is 6.93. The Kier molecular flexibility index (Phi) is 2.47. The van der Waals surface area contributed by atoms with E-state index in [0.717, 1.165) is 0 Å². The second kappa shape index (κ2) is 3.55. The molecule has 2 N–H and O–H groups in total. The van der Waals surface area contributed by atoms with E-state index in [1.54, 1.807) is 13.0 Å². The number of carbonyl (C=O) groups excluding carboxylic acids is 1. The van der Waals surface area contributed by atoms with Crippen molar-refractivity contribution in [2.45, 2.75) is 6.92 Å². The van der Waals surface area contributed by atoms with E-state index in [1.165, 1.54) is 6.07 Å². The van der Waals surface area contributed by atoms with Gasteiger partial charge in [-0.2, -0.15) is 0 Å². The van der Waals surface area contributed by atoms with E-state index in [0.29, 0.717) is 5.69 Å². The standard InChI is InChI=1S/C7H7N5O/c1-4-2-3-5(6(8)13)7(10-4)11-12-9/h2-3H,1H3,(H2,8,13). The summed E-state index contributed by atoms with van der Waals surface area (Å²) in [5, 5.41) is 3.26. The number of nitrogens with two attached hydrogens (primary N) is 1. The summed E-state index contributed by atoms with van der Waals surface area (Å²) in [4.78, 5) is 17.2. The van der Waals surface area contributed by atoms with Crippen molar-refractivity contribution < 1.29 is 4.79 Å². The maximum atomic E-state index is 10.8. The number of pyridine rings is 1. The minimum atomic E-state index is -0.658. The third kappa shape index (κ3) is 1.94. The molecule has 0 radical (unpaired) electrons. The van der Waals surface area contributed by atoms with Crippen LogP contribution in [0.25, 0.3) is 10.4 Å². The van der Waals surface area contributed by atoms with Gasteiger partial charge in [-0.05, 0) is 29.7 Å². The molecule has 1 amide bonds. The van der Waals surface area contributed by atoms with E-state index in [2.05, 4.69) is 15.0 Å². The third-order valence-corrected chi connectivity index (χ3v) is 1.42. The van der Waals surface area contributed by atoms with Gasteiger partial charge in [-0.3, -0.25) is 9.78 Å². The lowest BCUT2D eigenvalue weighted by molar-refractivity contribution is 0.100. The fourth-order valence-electron chi connectivity index (χ4n) is 0.854. The summed E-state index contributed by atoms with van der Waals surface area (Å²) in [6.07, 6.45) is 0. The second-order valence-electron chi connectivity index (χ2n) is 2.38. The van der Waals surface area contributed by atoms with Gasteiger partial charge in [-0.1, -0.05) is 0 Å². The van der Waals surface area contributed by atoms with Gasteiger partial charge in [0.15, 0.2) is 0 Å². The molecule has 1 heterocycles. The number of hydrogen-bond donors (Lipinski definition) is 1. The SMILES string of the molecule is Cc1ccc(C(N)=O)c(N=[N+]=[N-])n1. The highest BCUT2D eigenvalue weighted by Crippen LogP contribution is 2.15. The molecule has 0 unspecified atom stereocenters. The number of azide groups is 1. The van der Waals surface area contributed by atoms with Crippen molar-refractivity contribution >= 4 is 11.7 Å². The molecule has 0 aliphatic carbocycles. The van der Waals surface area contributed by atoms with E-state index >= 15 is 0 Å². The van der Waals surface area contributed by atoms with Gasteiger partial charge in [-0.15, -0.1) is 0 Å². The number of aromatic nitrogens is 1. The van der Waals surface area contributed by atoms with Gasteiger partial charge in [0.2, 0.25) is 0 Å². The van der Waals surface area contributed by atoms with Crippen LogP contribution in [-0.4, -0.2) is 10.9 Å². The minimum Gasteiger partial charge on any atom is -0.366 e. The maximum absolute atomic E-state index is 10.8. The van der Waals surface area contributed by atoms with E-state index in [4.69, 9.17) is 11.3 Å². The van der Waals surface area contributed by atoms with E-state index in [-0.39, 0.29) is 11.4 Å². The highest BCUT2D eigenvalue weighted by molar-refractivity contribution is 5.96. The Bertz CT molecular complexity index is 394. The summed E-state index contributed by atoms with van der Waals surface area (Å²) in [5.41, 5.74) is 14.0. The maximum Gasteiger partial charge on any atom is 0.250 e. The lowest BCUT2D eigenvalue weighted by atomic mass is 10.2. The number of amides is 1. The molecule has 1 aromatic heterocycles. The van der Waals surface area contributed by atoms with Crippen LogP contribution in [0.4, 0.5) is 5.82 Å². The zero-order chi connectivity index (χ0) is 9.84. The monoisotopic (exact) mass is 177 g/mol. The molecule has 0 aliphatic rings. The summed E-state index contributed by atoms with van der Waals surface area (Å²) in [5.74, 6) is -0.634. The highest BCUT2D eigenvalue weighted by Gasteiger charge is 2.07. The summed E-state index contributed by atoms with van der Waals surface area (Å²) < 4.78 is 0. The van der Waals surface area contributed by atoms with Crippen LogP contribution in [-0.2, 0) is 0 Å². The highest BCUT2D eigenvalue weighted by atomic mass is 16.1. The summed E-state index contributed by atoms with van der Waals surface area (Å²) >= 11 is 0. The van der Waals surface area contributed by atoms with Gasteiger partial charge in [0.1, 0.15) is 5.82 Å². The molecule has 0 spiro atoms. The summed E-state index contributed by atoms with van der Waals surface area (Å²) in [6.45, 7) is 1.72. The van der Waals surface area contributed by atoms with Gasteiger partial charge in [0.05, 0.1) is 5.56 Å². The fraction of sp³-hybridized carbons (Fsp3) is 0.143. The topological polar surface area (TPSA) is 105 Å². The molecule has 13 heavy (non-hydrogen) atoms. The number of nitrogens with zero attached hydrogens (tertiary/aromatic N) is 4. The molecule has 1 rings (SSSR count). The largest absolute Gasteiger partial charge is 0.366 e. The van der Waals surface area contributed by atoms with Crippen LogP contribution >= 0.6 is 0 Å². The van der Waals surface area contributed by atoms with E-state index < -0.39 is 5.91 Å². The minimum absolute atomic E-state index is 0.0231. The molecule has 66 valence electrons. The van der Waals surface area contributed by atoms with Crippen molar-refractivity contribution in [3.05, 3.63) is 33.8 Å². The van der Waals surface area contributed by atoms with Gasteiger partial charge in [-0.25, -0.2) is 0 Å². The first kappa shape index (κ1) is 9.02. The number of aryl methyl sites for hydroxylation is 1.